The molecule has 2 rings (SSSR count). The Kier molecular flexibility index (Phi) is 19.8. The highest BCUT2D eigenvalue weighted by Crippen LogP contribution is 2.32. The third-order valence-electron chi connectivity index (χ3n) is 6.09. The highest BCUT2D eigenvalue weighted by Gasteiger charge is 2.17. The zero-order valence-electron chi connectivity index (χ0n) is 19.5. The summed E-state index contributed by atoms with van der Waals surface area (Å²) in [5, 5.41) is 0. The first-order valence-electron chi connectivity index (χ1n) is 12.6. The fourth-order valence-corrected chi connectivity index (χ4v) is 4.47. The third kappa shape index (κ3) is 16.2. The van der Waals surface area contributed by atoms with E-state index in [9.17, 15) is 0 Å². The van der Waals surface area contributed by atoms with Gasteiger partial charge in [0.25, 0.3) is 0 Å². The molecule has 160 valence electrons. The fraction of sp³-hybridized carbons (Fsp3) is 0.852. The van der Waals surface area contributed by atoms with Crippen molar-refractivity contribution in [1.82, 2.24) is 0 Å². The Morgan fingerprint density at radius 3 is 1.56 bits per heavy atom. The first-order chi connectivity index (χ1) is 13.3. The van der Waals surface area contributed by atoms with E-state index < -0.39 is 0 Å². The van der Waals surface area contributed by atoms with E-state index in [0.29, 0.717) is 0 Å². The highest BCUT2D eigenvalue weighted by molar-refractivity contribution is 5.13. The molecule has 0 N–H and O–H groups in total. The minimum absolute atomic E-state index is 1.10. The van der Waals surface area contributed by atoms with Crippen LogP contribution >= 0.6 is 0 Å². The molecule has 0 atom stereocenters. The fourth-order valence-electron chi connectivity index (χ4n) is 4.47. The Hall–Kier alpha value is -0.520. The zero-order chi connectivity index (χ0) is 20.2. The van der Waals surface area contributed by atoms with Crippen molar-refractivity contribution in [3.8, 4) is 0 Å². The van der Waals surface area contributed by atoms with E-state index in [1.165, 1.54) is 63.4 Å². The molecular weight excluding hydrogens is 324 g/mol. The van der Waals surface area contributed by atoms with Gasteiger partial charge in [0.05, 0.1) is 0 Å². The first kappa shape index (κ1) is 26.5. The maximum Gasteiger partial charge on any atom is -0.0287 e. The topological polar surface area (TPSA) is 0 Å². The number of hydrogen-bond donors (Lipinski definition) is 0. The van der Waals surface area contributed by atoms with Gasteiger partial charge in [-0.15, -0.1) is 0 Å². The van der Waals surface area contributed by atoms with E-state index in [2.05, 4.69) is 32.6 Å². The highest BCUT2D eigenvalue weighted by atomic mass is 14.2. The SMILES string of the molecule is C1CCCCC(CCC2CCCC2)CCC1.C=C(/C=C\CC)CCC.CC. The van der Waals surface area contributed by atoms with Crippen LogP contribution in [-0.4, -0.2) is 0 Å². The van der Waals surface area contributed by atoms with Gasteiger partial charge in [-0.25, -0.2) is 0 Å². The van der Waals surface area contributed by atoms with Gasteiger partial charge < -0.3 is 0 Å². The van der Waals surface area contributed by atoms with E-state index in [4.69, 9.17) is 0 Å². The average Bonchev–Trinajstić information content (AvgIpc) is 3.24. The van der Waals surface area contributed by atoms with E-state index in [1.54, 1.807) is 38.5 Å². The molecule has 2 aliphatic carbocycles. The normalized spacial score (nSPS) is 19.3. The van der Waals surface area contributed by atoms with Gasteiger partial charge in [-0.1, -0.05) is 148 Å². The number of allylic oxidation sites excluding steroid dienone is 3. The van der Waals surface area contributed by atoms with Gasteiger partial charge in [0.2, 0.25) is 0 Å². The lowest BCUT2D eigenvalue weighted by Gasteiger charge is -2.18. The maximum absolute atomic E-state index is 3.90. The lowest BCUT2D eigenvalue weighted by Crippen LogP contribution is -2.04. The van der Waals surface area contributed by atoms with Crippen LogP contribution in [0.2, 0.25) is 0 Å². The van der Waals surface area contributed by atoms with Crippen LogP contribution in [-0.2, 0) is 0 Å². The Morgan fingerprint density at radius 1 is 0.741 bits per heavy atom. The molecule has 0 aromatic carbocycles. The molecule has 0 amide bonds. The Balaban J connectivity index is 0.000000528. The summed E-state index contributed by atoms with van der Waals surface area (Å²) in [6.45, 7) is 12.2. The first-order valence-corrected chi connectivity index (χ1v) is 12.6. The molecule has 27 heavy (non-hydrogen) atoms. The standard InChI is InChI=1S/C16H30.C9H16.C2H6/c1-2-4-6-10-15(9-5-3-1)13-14-16-11-7-8-12-16;1-4-6-8-9(3)7-5-2;1-2/h15-16H,1-14H2;6,8H,3-5,7H2,1-2H3;1-2H3/b;8-6-;. The maximum atomic E-state index is 3.90. The minimum Gasteiger partial charge on any atom is -0.0958 e. The molecule has 0 aliphatic heterocycles. The Labute approximate surface area is 173 Å². The number of rotatable bonds is 7. The molecule has 0 bridgehead atoms. The summed E-state index contributed by atoms with van der Waals surface area (Å²) in [4.78, 5) is 0. The predicted molar refractivity (Wildman–Crippen MR) is 126 cm³/mol. The van der Waals surface area contributed by atoms with E-state index in [-0.39, 0.29) is 0 Å². The van der Waals surface area contributed by atoms with Crippen LogP contribution in [0.25, 0.3) is 0 Å². The predicted octanol–water partition coefficient (Wildman–Crippen LogP) is 10.0. The van der Waals surface area contributed by atoms with Gasteiger partial charge in [0, 0.05) is 0 Å². The second kappa shape index (κ2) is 20.2. The van der Waals surface area contributed by atoms with Crippen LogP contribution in [0.4, 0.5) is 0 Å². The molecule has 0 heteroatoms. The van der Waals surface area contributed by atoms with Crippen molar-refractivity contribution < 1.29 is 0 Å². The lowest BCUT2D eigenvalue weighted by atomic mass is 9.88. The summed E-state index contributed by atoms with van der Waals surface area (Å²) >= 11 is 0. The molecule has 2 fully saturated rings. The van der Waals surface area contributed by atoms with Crippen molar-refractivity contribution in [2.24, 2.45) is 11.8 Å². The van der Waals surface area contributed by atoms with E-state index >= 15 is 0 Å². The molecule has 0 spiro atoms. The molecule has 0 radical (unpaired) electrons. The summed E-state index contributed by atoms with van der Waals surface area (Å²) in [5.41, 5.74) is 1.25. The van der Waals surface area contributed by atoms with Crippen molar-refractivity contribution in [2.75, 3.05) is 0 Å². The van der Waals surface area contributed by atoms with Gasteiger partial charge >= 0.3 is 0 Å². The summed E-state index contributed by atoms with van der Waals surface area (Å²) in [7, 11) is 0. The molecule has 0 aromatic heterocycles. The Morgan fingerprint density at radius 2 is 1.15 bits per heavy atom. The average molecular weight is 377 g/mol. The molecule has 2 saturated carbocycles. The van der Waals surface area contributed by atoms with Crippen LogP contribution < -0.4 is 0 Å². The minimum atomic E-state index is 1.10. The van der Waals surface area contributed by atoms with Gasteiger partial charge in [0.1, 0.15) is 0 Å². The quantitative estimate of drug-likeness (QED) is 0.388. The van der Waals surface area contributed by atoms with Gasteiger partial charge in [0.15, 0.2) is 0 Å². The lowest BCUT2D eigenvalue weighted by molar-refractivity contribution is 0.350. The molecule has 0 unspecified atom stereocenters. The van der Waals surface area contributed by atoms with Crippen LogP contribution in [0, 0.1) is 11.8 Å². The van der Waals surface area contributed by atoms with Crippen LogP contribution in [0.1, 0.15) is 137 Å². The van der Waals surface area contributed by atoms with E-state index in [0.717, 1.165) is 24.7 Å². The van der Waals surface area contributed by atoms with Gasteiger partial charge in [-0.2, -0.15) is 0 Å². The summed E-state index contributed by atoms with van der Waals surface area (Å²) in [6, 6.07) is 0. The van der Waals surface area contributed by atoms with Crippen molar-refractivity contribution in [3.05, 3.63) is 24.3 Å². The largest absolute Gasteiger partial charge is 0.0958 e. The van der Waals surface area contributed by atoms with Crippen molar-refractivity contribution >= 4 is 0 Å². The molecule has 0 aromatic rings. The summed E-state index contributed by atoms with van der Waals surface area (Å²) < 4.78 is 0. The van der Waals surface area contributed by atoms with Crippen molar-refractivity contribution in [3.63, 3.8) is 0 Å². The summed E-state index contributed by atoms with van der Waals surface area (Å²) in [6.07, 6.45) is 29.2. The van der Waals surface area contributed by atoms with Crippen LogP contribution in [0.5, 0.6) is 0 Å². The molecule has 0 nitrogen and oxygen atoms in total. The van der Waals surface area contributed by atoms with E-state index in [1.807, 2.05) is 13.8 Å². The summed E-state index contributed by atoms with van der Waals surface area (Å²) in [5.74, 6) is 2.21. The van der Waals surface area contributed by atoms with Gasteiger partial charge in [-0.3, -0.25) is 0 Å². The smallest absolute Gasteiger partial charge is 0.0287 e. The third-order valence-corrected chi connectivity index (χ3v) is 6.09. The zero-order valence-corrected chi connectivity index (χ0v) is 19.5. The molecular formula is C27H52. The Bertz CT molecular complexity index is 322. The second-order valence-corrected chi connectivity index (χ2v) is 8.51. The molecule has 2 aliphatic rings. The van der Waals surface area contributed by atoms with Gasteiger partial charge in [-0.05, 0) is 24.7 Å². The van der Waals surface area contributed by atoms with Crippen LogP contribution in [0.3, 0.4) is 0 Å². The van der Waals surface area contributed by atoms with Crippen molar-refractivity contribution in [2.45, 2.75) is 137 Å². The monoisotopic (exact) mass is 376 g/mol. The molecule has 0 heterocycles. The van der Waals surface area contributed by atoms with Crippen molar-refractivity contribution in [1.29, 1.82) is 0 Å². The van der Waals surface area contributed by atoms with Crippen LogP contribution in [0.15, 0.2) is 24.3 Å². The molecule has 0 saturated heterocycles. The number of hydrogen-bond acceptors (Lipinski definition) is 0. The second-order valence-electron chi connectivity index (χ2n) is 8.51.